The number of hydrogen-bond donors (Lipinski definition) is 0. The van der Waals surface area contributed by atoms with Crippen LogP contribution in [-0.2, 0) is 9.47 Å². The second-order valence-electron chi connectivity index (χ2n) is 5.54. The molecule has 2 fully saturated rings. The van der Waals surface area contributed by atoms with Gasteiger partial charge in [0.2, 0.25) is 0 Å². The Kier molecular flexibility index (Phi) is 3.35. The second-order valence-corrected chi connectivity index (χ2v) is 6.31. The number of hydrogen-bond acceptors (Lipinski definition) is 2. The number of methoxy groups -OCH3 is 1. The van der Waals surface area contributed by atoms with Crippen molar-refractivity contribution in [1.29, 1.82) is 0 Å². The van der Waals surface area contributed by atoms with Crippen LogP contribution in [0.4, 0.5) is 0 Å². The molecule has 0 amide bonds. The molecule has 15 heavy (non-hydrogen) atoms. The van der Waals surface area contributed by atoms with Crippen molar-refractivity contribution in [3.05, 3.63) is 0 Å². The van der Waals surface area contributed by atoms with Crippen molar-refractivity contribution in [2.24, 2.45) is 16.7 Å². The summed E-state index contributed by atoms with van der Waals surface area (Å²) >= 11 is 2.54. The maximum atomic E-state index is 5.89. The van der Waals surface area contributed by atoms with Gasteiger partial charge in [0, 0.05) is 17.0 Å². The van der Waals surface area contributed by atoms with E-state index in [1.54, 1.807) is 7.11 Å². The topological polar surface area (TPSA) is 18.5 Å². The van der Waals surface area contributed by atoms with Crippen molar-refractivity contribution < 1.29 is 9.47 Å². The minimum absolute atomic E-state index is 0.400. The van der Waals surface area contributed by atoms with Crippen molar-refractivity contribution >= 4 is 22.6 Å². The second kappa shape index (κ2) is 4.15. The molecule has 0 aromatic carbocycles. The smallest absolute Gasteiger partial charge is 0.146 e. The monoisotopic (exact) mass is 324 g/mol. The van der Waals surface area contributed by atoms with Crippen LogP contribution in [0.1, 0.15) is 33.1 Å². The quantitative estimate of drug-likeness (QED) is 0.449. The zero-order chi connectivity index (χ0) is 11.1. The number of rotatable bonds is 4. The summed E-state index contributed by atoms with van der Waals surface area (Å²) in [5, 5.41) is 0. The van der Waals surface area contributed by atoms with Gasteiger partial charge < -0.3 is 9.47 Å². The third kappa shape index (κ3) is 1.57. The molecule has 88 valence electrons. The van der Waals surface area contributed by atoms with Gasteiger partial charge in [-0.2, -0.15) is 0 Å². The van der Waals surface area contributed by atoms with E-state index in [1.807, 2.05) is 0 Å². The number of ether oxygens (including phenoxy) is 2. The van der Waals surface area contributed by atoms with Crippen LogP contribution in [0.2, 0.25) is 0 Å². The molecule has 0 aromatic heterocycles. The van der Waals surface area contributed by atoms with Crippen LogP contribution in [0.15, 0.2) is 0 Å². The zero-order valence-corrected chi connectivity index (χ0v) is 12.0. The van der Waals surface area contributed by atoms with Crippen LogP contribution >= 0.6 is 22.6 Å². The van der Waals surface area contributed by atoms with Crippen LogP contribution in [0.25, 0.3) is 0 Å². The Balaban J connectivity index is 2.16. The van der Waals surface area contributed by atoms with Gasteiger partial charge in [-0.15, -0.1) is 0 Å². The molecular weight excluding hydrogens is 303 g/mol. The fraction of sp³-hybridized carbons (Fsp3) is 1.00. The van der Waals surface area contributed by atoms with Crippen LogP contribution in [0.3, 0.4) is 0 Å². The van der Waals surface area contributed by atoms with Gasteiger partial charge in [-0.3, -0.25) is 0 Å². The minimum atomic E-state index is 0.400. The SMILES string of the molecule is COCO[C@@H]1C[C@H]2CC[C@]1(CI)C2(C)C. The molecule has 0 saturated heterocycles. The Bertz CT molecular complexity index is 242. The highest BCUT2D eigenvalue weighted by molar-refractivity contribution is 14.1. The van der Waals surface area contributed by atoms with Gasteiger partial charge in [0.15, 0.2) is 0 Å². The van der Waals surface area contributed by atoms with E-state index in [2.05, 4.69) is 36.4 Å². The Hall–Kier alpha value is 0.650. The van der Waals surface area contributed by atoms with Crippen molar-refractivity contribution in [1.82, 2.24) is 0 Å². The number of halogens is 1. The molecule has 2 bridgehead atoms. The van der Waals surface area contributed by atoms with Gasteiger partial charge >= 0.3 is 0 Å². The van der Waals surface area contributed by atoms with Gasteiger partial charge in [0.1, 0.15) is 6.79 Å². The standard InChI is InChI=1S/C12H21IO2/c1-11(2)9-4-5-12(11,7-13)10(6-9)15-8-14-3/h9-10H,4-8H2,1-3H3/t9-,10-,12-/m1/s1. The molecule has 2 aliphatic carbocycles. The maximum absolute atomic E-state index is 5.89. The molecule has 2 rings (SSSR count). The van der Waals surface area contributed by atoms with Gasteiger partial charge in [-0.05, 0) is 30.6 Å². The summed E-state index contributed by atoms with van der Waals surface area (Å²) in [7, 11) is 1.70. The van der Waals surface area contributed by atoms with Crippen molar-refractivity contribution in [2.75, 3.05) is 18.3 Å². The third-order valence-electron chi connectivity index (χ3n) is 4.98. The normalized spacial score (nSPS) is 42.4. The fourth-order valence-electron chi connectivity index (χ4n) is 3.70. The first kappa shape index (κ1) is 12.1. The molecule has 0 radical (unpaired) electrons. The molecule has 0 heterocycles. The van der Waals surface area contributed by atoms with E-state index in [0.717, 1.165) is 5.92 Å². The summed E-state index contributed by atoms with van der Waals surface area (Å²) < 4.78 is 12.1. The van der Waals surface area contributed by atoms with E-state index in [-0.39, 0.29) is 0 Å². The molecule has 2 aliphatic rings. The van der Waals surface area contributed by atoms with Crippen molar-refractivity contribution in [3.8, 4) is 0 Å². The summed E-state index contributed by atoms with van der Waals surface area (Å²) in [6.45, 7) is 5.31. The first-order valence-corrected chi connectivity index (χ1v) is 7.27. The van der Waals surface area contributed by atoms with Crippen LogP contribution in [0.5, 0.6) is 0 Å². The van der Waals surface area contributed by atoms with E-state index in [1.165, 1.54) is 23.7 Å². The predicted octanol–water partition coefficient (Wildman–Crippen LogP) is 3.24. The van der Waals surface area contributed by atoms with Gasteiger partial charge in [-0.1, -0.05) is 36.4 Å². The highest BCUT2D eigenvalue weighted by atomic mass is 127. The van der Waals surface area contributed by atoms with Crippen molar-refractivity contribution in [2.45, 2.75) is 39.2 Å². The van der Waals surface area contributed by atoms with Gasteiger partial charge in [0.05, 0.1) is 6.10 Å². The van der Waals surface area contributed by atoms with E-state index >= 15 is 0 Å². The average molecular weight is 324 g/mol. The molecule has 0 unspecified atom stereocenters. The largest absolute Gasteiger partial charge is 0.359 e. The molecular formula is C12H21IO2. The molecule has 0 aromatic rings. The molecule has 0 N–H and O–H groups in total. The van der Waals surface area contributed by atoms with Crippen LogP contribution in [0, 0.1) is 16.7 Å². The summed E-state index contributed by atoms with van der Waals surface area (Å²) in [5.74, 6) is 0.856. The molecule has 0 spiro atoms. The van der Waals surface area contributed by atoms with Crippen molar-refractivity contribution in [3.63, 3.8) is 0 Å². The molecule has 2 saturated carbocycles. The van der Waals surface area contributed by atoms with Crippen LogP contribution < -0.4 is 0 Å². The highest BCUT2D eigenvalue weighted by Gasteiger charge is 2.63. The third-order valence-corrected chi connectivity index (χ3v) is 6.34. The van der Waals surface area contributed by atoms with E-state index in [9.17, 15) is 0 Å². The zero-order valence-electron chi connectivity index (χ0n) is 9.88. The van der Waals surface area contributed by atoms with Gasteiger partial charge in [0.25, 0.3) is 0 Å². The fourth-order valence-corrected chi connectivity index (χ4v) is 5.55. The summed E-state index contributed by atoms with van der Waals surface area (Å²) in [4.78, 5) is 0. The van der Waals surface area contributed by atoms with E-state index in [0.29, 0.717) is 23.7 Å². The lowest BCUT2D eigenvalue weighted by molar-refractivity contribution is -0.117. The lowest BCUT2D eigenvalue weighted by Gasteiger charge is -2.40. The van der Waals surface area contributed by atoms with Gasteiger partial charge in [-0.25, -0.2) is 0 Å². The maximum Gasteiger partial charge on any atom is 0.146 e. The predicted molar refractivity (Wildman–Crippen MR) is 69.2 cm³/mol. The van der Waals surface area contributed by atoms with E-state index < -0.39 is 0 Å². The molecule has 2 nitrogen and oxygen atoms in total. The Morgan fingerprint density at radius 1 is 1.40 bits per heavy atom. The lowest BCUT2D eigenvalue weighted by Crippen LogP contribution is -2.41. The number of alkyl halides is 1. The Morgan fingerprint density at radius 2 is 2.13 bits per heavy atom. The minimum Gasteiger partial charge on any atom is -0.359 e. The summed E-state index contributed by atoms with van der Waals surface area (Å²) in [6, 6.07) is 0. The molecule has 3 heteroatoms. The summed E-state index contributed by atoms with van der Waals surface area (Å²) in [5.41, 5.74) is 0.851. The van der Waals surface area contributed by atoms with E-state index in [4.69, 9.17) is 9.47 Å². The highest BCUT2D eigenvalue weighted by Crippen LogP contribution is 2.67. The molecule has 3 atom stereocenters. The first-order chi connectivity index (χ1) is 7.08. The Labute approximate surface area is 106 Å². The number of fused-ring (bicyclic) bond motifs is 2. The lowest BCUT2D eigenvalue weighted by atomic mass is 9.70. The average Bonchev–Trinajstić information content (AvgIpc) is 2.60. The molecule has 0 aliphatic heterocycles. The first-order valence-electron chi connectivity index (χ1n) is 5.75. The Morgan fingerprint density at radius 3 is 2.67 bits per heavy atom. The summed E-state index contributed by atoms with van der Waals surface area (Å²) in [6.07, 6.45) is 4.38. The van der Waals surface area contributed by atoms with Crippen LogP contribution in [-0.4, -0.2) is 24.4 Å².